The third-order valence-electron chi connectivity index (χ3n) is 31.0. The Balaban J connectivity index is 0.000000240. The van der Waals surface area contributed by atoms with Crippen LogP contribution in [0.3, 0.4) is 0 Å². The van der Waals surface area contributed by atoms with Crippen LogP contribution in [-0.2, 0) is 47.7 Å². The van der Waals surface area contributed by atoms with Crippen molar-refractivity contribution >= 4 is 47.6 Å². The molecule has 0 aliphatic heterocycles. The summed E-state index contributed by atoms with van der Waals surface area (Å²) in [6, 6.07) is -1.49. The second-order valence-corrected chi connectivity index (χ2v) is 38.8. The van der Waals surface area contributed by atoms with Gasteiger partial charge in [-0.15, -0.1) is 0 Å². The van der Waals surface area contributed by atoms with Crippen molar-refractivity contribution in [2.75, 3.05) is 27.3 Å². The van der Waals surface area contributed by atoms with E-state index >= 15 is 0 Å². The van der Waals surface area contributed by atoms with Crippen molar-refractivity contribution in [1.29, 1.82) is 0 Å². The molecule has 10 fully saturated rings. The van der Waals surface area contributed by atoms with Crippen molar-refractivity contribution in [3.63, 3.8) is 0 Å². The lowest BCUT2D eigenvalue weighted by Gasteiger charge is -2.72. The SMILES string of the molecule is C.C=C(C)C1CCC2(C(=O)NCCCCC(NC(=O)OC(C)(C)C)C(=O)OC)CC[C@]3(C)[C@H](CC[C@@H]4[C@@]5(C)CCC(=O)C(C)(C)[C@@H]5CC[C@]43C)C12.C=C(C)C1CCC2(C(=O)O)CC[C@]3(C)[C@H](CC[C@@H]4[C@@]5(C)CCC(=O)C(C)(C)[C@@H]5CC[C@]43C)C12.COC(=O)C(CCCCN)NC(=O)OC(C)(C)C. The van der Waals surface area contributed by atoms with Crippen LogP contribution in [0, 0.1) is 113 Å². The highest BCUT2D eigenvalue weighted by Crippen LogP contribution is 2.80. The number of ether oxygens (including phenoxy) is 4. The van der Waals surface area contributed by atoms with Gasteiger partial charge in [0.05, 0.1) is 25.0 Å². The van der Waals surface area contributed by atoms with Crippen LogP contribution in [0.4, 0.5) is 9.59 Å². The maximum Gasteiger partial charge on any atom is 0.408 e. The van der Waals surface area contributed by atoms with Crippen molar-refractivity contribution in [2.24, 2.45) is 119 Å². The second kappa shape index (κ2) is 30.8. The molecule has 0 heterocycles. The second-order valence-electron chi connectivity index (χ2n) is 38.8. The predicted octanol–water partition coefficient (Wildman–Crippen LogP) is 17.7. The first-order valence-electron chi connectivity index (χ1n) is 39.5. The zero-order valence-corrected chi connectivity index (χ0v) is 66.6. The number of aliphatic carboxylic acids is 1. The Morgan fingerprint density at radius 1 is 0.510 bits per heavy atom. The van der Waals surface area contributed by atoms with E-state index in [1.807, 2.05) is 0 Å². The summed E-state index contributed by atoms with van der Waals surface area (Å²) in [6.45, 7) is 49.1. The van der Waals surface area contributed by atoms with Gasteiger partial charge in [0.1, 0.15) is 34.9 Å². The summed E-state index contributed by atoms with van der Waals surface area (Å²) in [7, 11) is 2.60. The molecule has 10 aliphatic rings. The van der Waals surface area contributed by atoms with Crippen LogP contribution in [0.15, 0.2) is 24.3 Å². The molecule has 10 rings (SSSR count). The third-order valence-corrected chi connectivity index (χ3v) is 31.0. The van der Waals surface area contributed by atoms with Gasteiger partial charge in [-0.1, -0.05) is 101 Å². The van der Waals surface area contributed by atoms with E-state index < -0.39 is 58.8 Å². The molecule has 20 atom stereocenters. The first kappa shape index (κ1) is 84.5. The number of allylic oxidation sites excluding steroid dienone is 2. The molecule has 8 unspecified atom stereocenters. The number of nitrogens with two attached hydrogens (primary N) is 1. The Bertz CT molecular complexity index is 3120. The first-order chi connectivity index (χ1) is 46.7. The number of amides is 3. The van der Waals surface area contributed by atoms with E-state index in [-0.39, 0.29) is 73.9 Å². The summed E-state index contributed by atoms with van der Waals surface area (Å²) >= 11 is 0. The number of alkyl carbamates (subject to hydrolysis) is 2. The molecule has 10 aliphatic carbocycles. The summed E-state index contributed by atoms with van der Waals surface area (Å²) < 4.78 is 20.0. The fourth-order valence-corrected chi connectivity index (χ4v) is 25.7. The van der Waals surface area contributed by atoms with Crippen LogP contribution in [0.2, 0.25) is 0 Å². The lowest BCUT2D eigenvalue weighted by molar-refractivity contribution is -0.235. The van der Waals surface area contributed by atoms with Gasteiger partial charge >= 0.3 is 30.1 Å². The molecule has 0 bridgehead atoms. The predicted molar refractivity (Wildman–Crippen MR) is 402 cm³/mol. The molecule has 17 nitrogen and oxygen atoms in total. The molecule has 580 valence electrons. The zero-order chi connectivity index (χ0) is 75.5. The first-order valence-corrected chi connectivity index (χ1v) is 39.5. The number of carbonyl (C=O) groups is 8. The van der Waals surface area contributed by atoms with Crippen LogP contribution in [0.25, 0.3) is 0 Å². The standard InChI is InChI=1S/C42H68N2O6.C30H46O3.C12H24N2O4.CH4/c1-26(2)27-17-22-42(35(47)43-25-13-12-14-29(34(46)49-11)44-36(48)50-37(3,4)5)24-23-40(9)28(33(27)42)15-16-31-39(8)20-19-32(45)38(6,7)30(39)18-21-41(31,40)10;1-18(2)19-10-15-30(25(32)33)17-16-28(6)20(24(19)30)8-9-22-27(5)13-12-23(31)26(3,4)21(27)11-14-29(22,28)7;1-12(2,3)18-11(16)14-9(10(15)17-4)7-5-6-8-13;/h27-31,33H,1,12-25H2,2-11H3,(H,43,47)(H,44,48);19-22,24H,1,8-17H2,2-7H3,(H,32,33);9H,5-8,13H2,1-4H3,(H,14,16);1H4/t27?,28-,29?,30+,31-,33?,39+,40-,41-,42?;19?,20-,21+,22-,24?,27+,28-,29-,30?;;/m11../s1. The van der Waals surface area contributed by atoms with Gasteiger partial charge in [-0.3, -0.25) is 19.2 Å². The minimum absolute atomic E-state index is 0. The average molecular weight is 1430 g/mol. The average Bonchev–Trinajstić information content (AvgIpc) is 1.06. The number of rotatable bonds is 17. The monoisotopic (exact) mass is 1430 g/mol. The molecular weight excluding hydrogens is 1280 g/mol. The van der Waals surface area contributed by atoms with Gasteiger partial charge in [0.15, 0.2) is 0 Å². The van der Waals surface area contributed by atoms with Crippen LogP contribution < -0.4 is 21.7 Å². The number of carboxylic acids is 1. The van der Waals surface area contributed by atoms with Crippen molar-refractivity contribution in [1.82, 2.24) is 16.0 Å². The van der Waals surface area contributed by atoms with E-state index in [2.05, 4.69) is 117 Å². The Morgan fingerprint density at radius 3 is 1.26 bits per heavy atom. The maximum atomic E-state index is 14.5. The van der Waals surface area contributed by atoms with Crippen molar-refractivity contribution in [2.45, 2.75) is 322 Å². The van der Waals surface area contributed by atoms with E-state index in [4.69, 9.17) is 19.9 Å². The largest absolute Gasteiger partial charge is 0.481 e. The quantitative estimate of drug-likeness (QED) is 0.0393. The maximum absolute atomic E-state index is 14.5. The molecule has 0 spiro atoms. The number of Topliss-reactive ketones (excluding diaryl/α,β-unsaturated/α-hetero) is 2. The number of methoxy groups -OCH3 is 2. The van der Waals surface area contributed by atoms with Crippen molar-refractivity contribution < 1.29 is 62.4 Å². The fourth-order valence-electron chi connectivity index (χ4n) is 25.7. The van der Waals surface area contributed by atoms with E-state index in [9.17, 15) is 43.5 Å². The highest BCUT2D eigenvalue weighted by molar-refractivity contribution is 5.87. The van der Waals surface area contributed by atoms with E-state index in [1.165, 1.54) is 51.0 Å². The minimum Gasteiger partial charge on any atom is -0.481 e. The molecule has 10 saturated carbocycles. The van der Waals surface area contributed by atoms with Gasteiger partial charge in [-0.05, 0) is 308 Å². The topological polar surface area (TPSA) is 256 Å². The summed E-state index contributed by atoms with van der Waals surface area (Å²) in [4.78, 5) is 101. The van der Waals surface area contributed by atoms with Gasteiger partial charge in [-0.25, -0.2) is 19.2 Å². The van der Waals surface area contributed by atoms with Gasteiger partial charge in [-0.2, -0.15) is 0 Å². The Labute approximate surface area is 616 Å². The number of nitrogens with one attached hydrogen (secondary N) is 3. The normalized spacial score (nSPS) is 38.7. The summed E-state index contributed by atoms with van der Waals surface area (Å²) in [6.07, 6.45) is 22.9. The third kappa shape index (κ3) is 15.1. The molecule has 17 heteroatoms. The number of fused-ring (bicyclic) bond motifs is 14. The summed E-state index contributed by atoms with van der Waals surface area (Å²) in [5.74, 6) is 3.86. The number of carbonyl (C=O) groups excluding carboxylic acids is 7. The van der Waals surface area contributed by atoms with Crippen LogP contribution >= 0.6 is 0 Å². The summed E-state index contributed by atoms with van der Waals surface area (Å²) in [5.41, 5.74) is 6.19. The number of ketones is 2. The lowest BCUT2D eigenvalue weighted by atomic mass is 9.32. The molecule has 6 N–H and O–H groups in total. The van der Waals surface area contributed by atoms with Gasteiger partial charge in [0.25, 0.3) is 0 Å². The molecule has 0 radical (unpaired) electrons. The molecule has 0 saturated heterocycles. The van der Waals surface area contributed by atoms with E-state index in [1.54, 1.807) is 41.5 Å². The van der Waals surface area contributed by atoms with E-state index in [0.717, 1.165) is 109 Å². The molecule has 102 heavy (non-hydrogen) atoms. The molecular formula is C85H142N4O13. The van der Waals surface area contributed by atoms with Crippen LogP contribution in [0.5, 0.6) is 0 Å². The van der Waals surface area contributed by atoms with Crippen molar-refractivity contribution in [3.05, 3.63) is 24.3 Å². The Hall–Kier alpha value is -4.80. The smallest absolute Gasteiger partial charge is 0.408 e. The van der Waals surface area contributed by atoms with Gasteiger partial charge in [0.2, 0.25) is 5.91 Å². The Morgan fingerprint density at radius 2 is 0.892 bits per heavy atom. The number of esters is 2. The number of hydrogen-bond acceptors (Lipinski definition) is 13. The highest BCUT2D eigenvalue weighted by atomic mass is 16.6. The zero-order valence-electron chi connectivity index (χ0n) is 66.6. The molecule has 0 aromatic rings. The number of hydrogen-bond donors (Lipinski definition) is 5. The Kier molecular flexibility index (Phi) is 25.5. The molecule has 3 amide bonds. The lowest BCUT2D eigenvalue weighted by Crippen LogP contribution is -2.67. The number of unbranched alkanes of at least 4 members (excludes halogenated alkanes) is 2. The van der Waals surface area contributed by atoms with Crippen LogP contribution in [0.1, 0.15) is 299 Å². The number of carboxylic acid groups (broad SMARTS) is 1. The minimum atomic E-state index is -0.801. The van der Waals surface area contributed by atoms with Crippen LogP contribution in [-0.4, -0.2) is 103 Å². The highest BCUT2D eigenvalue weighted by Gasteiger charge is 2.74. The van der Waals surface area contributed by atoms with Gasteiger partial charge in [0, 0.05) is 30.2 Å². The van der Waals surface area contributed by atoms with E-state index in [0.29, 0.717) is 104 Å². The summed E-state index contributed by atoms with van der Waals surface area (Å²) in [5, 5.41) is 19.0. The molecule has 0 aromatic carbocycles. The van der Waals surface area contributed by atoms with Gasteiger partial charge < -0.3 is 45.7 Å². The molecule has 0 aromatic heterocycles. The van der Waals surface area contributed by atoms with Crippen molar-refractivity contribution in [3.8, 4) is 0 Å². The fraction of sp³-hybridized carbons (Fsp3) is 0.859.